The summed E-state index contributed by atoms with van der Waals surface area (Å²) in [4.78, 5) is 10.5. The molecule has 0 atom stereocenters. The smallest absolute Gasteiger partial charge is 0.329 e. The van der Waals surface area contributed by atoms with Crippen LogP contribution in [0.5, 0.6) is 0 Å². The quantitative estimate of drug-likeness (QED) is 0.477. The summed E-state index contributed by atoms with van der Waals surface area (Å²) >= 11 is 0. The van der Waals surface area contributed by atoms with Gasteiger partial charge in [-0.2, -0.15) is 5.26 Å². The molecule has 0 heterocycles. The number of carboxylic acid groups (broad SMARTS) is 1. The van der Waals surface area contributed by atoms with Crippen molar-refractivity contribution in [1.82, 2.24) is 0 Å². The molecule has 1 aromatic rings. The molecule has 0 fully saturated rings. The van der Waals surface area contributed by atoms with Crippen molar-refractivity contribution in [1.29, 1.82) is 5.26 Å². The average molecular weight is 213 g/mol. The lowest BCUT2D eigenvalue weighted by atomic mass is 10.1. The normalized spacial score (nSPS) is 12.0. The number of benzene rings is 1. The summed E-state index contributed by atoms with van der Waals surface area (Å²) in [5.41, 5.74) is 1.74. The van der Waals surface area contributed by atoms with Gasteiger partial charge in [-0.25, -0.2) is 4.79 Å². The van der Waals surface area contributed by atoms with Crippen LogP contribution in [0.15, 0.2) is 47.6 Å². The molecule has 0 bridgehead atoms. The van der Waals surface area contributed by atoms with E-state index in [1.807, 2.05) is 36.4 Å². The minimum absolute atomic E-state index is 0.163. The van der Waals surface area contributed by atoms with Gasteiger partial charge in [-0.15, -0.1) is 0 Å². The highest BCUT2D eigenvalue weighted by molar-refractivity contribution is 5.83. The molecule has 0 amide bonds. The van der Waals surface area contributed by atoms with Gasteiger partial charge in [-0.3, -0.25) is 0 Å². The first-order valence-electron chi connectivity index (χ1n) is 4.72. The van der Waals surface area contributed by atoms with Crippen LogP contribution in [0.4, 0.5) is 0 Å². The van der Waals surface area contributed by atoms with Gasteiger partial charge in [0.25, 0.3) is 0 Å². The van der Waals surface area contributed by atoms with E-state index in [0.717, 1.165) is 11.6 Å². The molecule has 0 saturated heterocycles. The Morgan fingerprint density at radius 3 is 2.50 bits per heavy atom. The topological polar surface area (TPSA) is 61.1 Å². The third kappa shape index (κ3) is 3.43. The van der Waals surface area contributed by atoms with E-state index in [4.69, 9.17) is 10.4 Å². The molecule has 0 radical (unpaired) electrons. The van der Waals surface area contributed by atoms with Crippen LogP contribution in [0, 0.1) is 11.3 Å². The largest absolute Gasteiger partial charge is 0.478 e. The van der Waals surface area contributed by atoms with Crippen molar-refractivity contribution in [2.45, 2.75) is 6.92 Å². The van der Waals surface area contributed by atoms with Gasteiger partial charge in [-0.1, -0.05) is 36.4 Å². The number of carbonyl (C=O) groups is 1. The molecule has 0 aliphatic carbocycles. The first-order chi connectivity index (χ1) is 7.63. The summed E-state index contributed by atoms with van der Waals surface area (Å²) in [6, 6.07) is 11.3. The van der Waals surface area contributed by atoms with Crippen LogP contribution in [0.25, 0.3) is 6.08 Å². The Labute approximate surface area is 94.0 Å². The molecule has 0 saturated carbocycles. The van der Waals surface area contributed by atoms with E-state index >= 15 is 0 Å². The molecule has 3 heteroatoms. The van der Waals surface area contributed by atoms with Crippen LogP contribution in [0.3, 0.4) is 0 Å². The number of carboxylic acids is 1. The minimum atomic E-state index is -1.11. The van der Waals surface area contributed by atoms with Gasteiger partial charge < -0.3 is 5.11 Å². The van der Waals surface area contributed by atoms with E-state index in [1.165, 1.54) is 0 Å². The number of allylic oxidation sites excluding steroid dienone is 2. The SMILES string of the molecule is CC(=Cc1ccccc1)C(C#N)=CC(=O)O. The van der Waals surface area contributed by atoms with Gasteiger partial charge in [0.15, 0.2) is 0 Å². The lowest BCUT2D eigenvalue weighted by molar-refractivity contribution is -0.131. The molecular formula is C13H11NO2. The summed E-state index contributed by atoms with van der Waals surface area (Å²) in [6.45, 7) is 1.71. The van der Waals surface area contributed by atoms with E-state index in [-0.39, 0.29) is 5.57 Å². The van der Waals surface area contributed by atoms with E-state index in [0.29, 0.717) is 5.57 Å². The minimum Gasteiger partial charge on any atom is -0.478 e. The van der Waals surface area contributed by atoms with Gasteiger partial charge in [0.1, 0.15) is 0 Å². The fourth-order valence-electron chi connectivity index (χ4n) is 1.23. The van der Waals surface area contributed by atoms with Gasteiger partial charge in [0.2, 0.25) is 0 Å². The number of nitriles is 1. The van der Waals surface area contributed by atoms with Crippen LogP contribution in [0.1, 0.15) is 12.5 Å². The monoisotopic (exact) mass is 213 g/mol. The van der Waals surface area contributed by atoms with Crippen LogP contribution in [0.2, 0.25) is 0 Å². The van der Waals surface area contributed by atoms with Crippen molar-refractivity contribution in [3.05, 3.63) is 53.1 Å². The summed E-state index contributed by atoms with van der Waals surface area (Å²) in [6.07, 6.45) is 2.69. The molecule has 1 rings (SSSR count). The summed E-state index contributed by atoms with van der Waals surface area (Å²) < 4.78 is 0. The third-order valence-electron chi connectivity index (χ3n) is 2.00. The molecule has 0 aliphatic heterocycles. The van der Waals surface area contributed by atoms with Crippen molar-refractivity contribution < 1.29 is 9.90 Å². The van der Waals surface area contributed by atoms with Gasteiger partial charge in [-0.05, 0) is 18.1 Å². The lowest BCUT2D eigenvalue weighted by Crippen LogP contribution is -1.92. The third-order valence-corrected chi connectivity index (χ3v) is 2.00. The van der Waals surface area contributed by atoms with Crippen molar-refractivity contribution >= 4 is 12.0 Å². The second kappa shape index (κ2) is 5.52. The molecule has 1 aromatic carbocycles. The molecular weight excluding hydrogens is 202 g/mol. The van der Waals surface area contributed by atoms with Gasteiger partial charge >= 0.3 is 5.97 Å². The highest BCUT2D eigenvalue weighted by Crippen LogP contribution is 2.13. The van der Waals surface area contributed by atoms with E-state index < -0.39 is 5.97 Å². The van der Waals surface area contributed by atoms with E-state index in [9.17, 15) is 4.79 Å². The Balaban J connectivity index is 3.02. The van der Waals surface area contributed by atoms with Crippen LogP contribution < -0.4 is 0 Å². The standard InChI is InChI=1S/C13H11NO2/c1-10(12(9-14)8-13(15)16)7-11-5-3-2-4-6-11/h2-8H,1H3,(H,15,16). The number of rotatable bonds is 3. The number of hydrogen-bond donors (Lipinski definition) is 1. The molecule has 0 aromatic heterocycles. The Morgan fingerprint density at radius 2 is 2.00 bits per heavy atom. The maximum absolute atomic E-state index is 10.5. The van der Waals surface area contributed by atoms with Gasteiger partial charge in [0, 0.05) is 6.08 Å². The predicted octanol–water partition coefficient (Wildman–Crippen LogP) is 2.62. The second-order valence-corrected chi connectivity index (χ2v) is 3.25. The highest BCUT2D eigenvalue weighted by Gasteiger charge is 2.01. The fraction of sp³-hybridized carbons (Fsp3) is 0.0769. The Kier molecular flexibility index (Phi) is 4.05. The Bertz CT molecular complexity index is 478. The van der Waals surface area contributed by atoms with Crippen LogP contribution in [-0.2, 0) is 4.79 Å². The van der Waals surface area contributed by atoms with E-state index in [1.54, 1.807) is 13.0 Å². The Hall–Kier alpha value is -2.34. The zero-order chi connectivity index (χ0) is 12.0. The van der Waals surface area contributed by atoms with Crippen molar-refractivity contribution in [3.8, 4) is 6.07 Å². The maximum atomic E-state index is 10.5. The maximum Gasteiger partial charge on any atom is 0.329 e. The first kappa shape index (κ1) is 11.7. The summed E-state index contributed by atoms with van der Waals surface area (Å²) in [5, 5.41) is 17.4. The van der Waals surface area contributed by atoms with Crippen molar-refractivity contribution in [2.75, 3.05) is 0 Å². The van der Waals surface area contributed by atoms with Crippen molar-refractivity contribution in [2.24, 2.45) is 0 Å². The molecule has 16 heavy (non-hydrogen) atoms. The average Bonchev–Trinajstić information content (AvgIpc) is 2.26. The summed E-state index contributed by atoms with van der Waals surface area (Å²) in [7, 11) is 0. The number of nitrogens with zero attached hydrogens (tertiary/aromatic N) is 1. The molecule has 0 unspecified atom stereocenters. The molecule has 1 N–H and O–H groups in total. The second-order valence-electron chi connectivity index (χ2n) is 3.25. The van der Waals surface area contributed by atoms with Crippen LogP contribution >= 0.6 is 0 Å². The lowest BCUT2D eigenvalue weighted by Gasteiger charge is -1.98. The zero-order valence-corrected chi connectivity index (χ0v) is 8.84. The molecule has 0 spiro atoms. The molecule has 3 nitrogen and oxygen atoms in total. The molecule has 0 aliphatic rings. The predicted molar refractivity (Wildman–Crippen MR) is 61.4 cm³/mol. The number of hydrogen-bond acceptors (Lipinski definition) is 2. The zero-order valence-electron chi connectivity index (χ0n) is 8.84. The van der Waals surface area contributed by atoms with Gasteiger partial charge in [0.05, 0.1) is 11.6 Å². The number of aliphatic carboxylic acids is 1. The first-order valence-corrected chi connectivity index (χ1v) is 4.72. The van der Waals surface area contributed by atoms with Crippen molar-refractivity contribution in [3.63, 3.8) is 0 Å². The van der Waals surface area contributed by atoms with E-state index in [2.05, 4.69) is 0 Å². The molecule has 80 valence electrons. The summed E-state index contributed by atoms with van der Waals surface area (Å²) in [5.74, 6) is -1.11. The fourth-order valence-corrected chi connectivity index (χ4v) is 1.23. The Morgan fingerprint density at radius 1 is 1.38 bits per heavy atom. The van der Waals surface area contributed by atoms with Crippen LogP contribution in [-0.4, -0.2) is 11.1 Å². The highest BCUT2D eigenvalue weighted by atomic mass is 16.4.